The Bertz CT molecular complexity index is 746. The van der Waals surface area contributed by atoms with Gasteiger partial charge < -0.3 is 15.4 Å². The van der Waals surface area contributed by atoms with E-state index < -0.39 is 11.6 Å². The zero-order chi connectivity index (χ0) is 18.4. The van der Waals surface area contributed by atoms with E-state index in [0.29, 0.717) is 31.0 Å². The van der Waals surface area contributed by atoms with Gasteiger partial charge in [-0.3, -0.25) is 14.7 Å². The van der Waals surface area contributed by atoms with Crippen molar-refractivity contribution in [2.45, 2.75) is 0 Å². The van der Waals surface area contributed by atoms with Crippen molar-refractivity contribution in [3.63, 3.8) is 0 Å². The van der Waals surface area contributed by atoms with Crippen molar-refractivity contribution in [1.29, 1.82) is 0 Å². The van der Waals surface area contributed by atoms with Crippen LogP contribution in [0.25, 0.3) is 0 Å². The zero-order valence-corrected chi connectivity index (χ0v) is 14.2. The van der Waals surface area contributed by atoms with Crippen LogP contribution >= 0.6 is 0 Å². The number of amides is 1. The number of benzene rings is 1. The van der Waals surface area contributed by atoms with Crippen LogP contribution in [0, 0.1) is 11.6 Å². The van der Waals surface area contributed by atoms with Gasteiger partial charge in [-0.2, -0.15) is 0 Å². The van der Waals surface area contributed by atoms with Crippen LogP contribution in [0.2, 0.25) is 0 Å². The van der Waals surface area contributed by atoms with Crippen LogP contribution in [-0.4, -0.2) is 55.2 Å². The molecule has 0 bridgehead atoms. The van der Waals surface area contributed by atoms with Gasteiger partial charge in [0.25, 0.3) is 5.91 Å². The smallest absolute Gasteiger partial charge is 0.252 e. The SMILES string of the molecule is O=C(NCCN1CCOCC1)c1cncc(Nc2c(F)cccc2F)c1. The van der Waals surface area contributed by atoms with Crippen molar-refractivity contribution in [3.8, 4) is 0 Å². The third-order valence-corrected chi connectivity index (χ3v) is 4.05. The molecule has 3 rings (SSSR count). The first-order chi connectivity index (χ1) is 12.6. The van der Waals surface area contributed by atoms with E-state index in [1.807, 2.05) is 0 Å². The van der Waals surface area contributed by atoms with E-state index in [9.17, 15) is 13.6 Å². The maximum atomic E-state index is 13.7. The number of pyridine rings is 1. The van der Waals surface area contributed by atoms with Crippen LogP contribution < -0.4 is 10.6 Å². The summed E-state index contributed by atoms with van der Waals surface area (Å²) in [5.74, 6) is -1.72. The van der Waals surface area contributed by atoms with Gasteiger partial charge in [0.1, 0.15) is 17.3 Å². The number of hydrogen-bond donors (Lipinski definition) is 2. The molecule has 1 aliphatic heterocycles. The van der Waals surface area contributed by atoms with Crippen LogP contribution in [-0.2, 0) is 4.74 Å². The number of nitrogens with one attached hydrogen (secondary N) is 2. The summed E-state index contributed by atoms with van der Waals surface area (Å²) in [5, 5.41) is 5.45. The molecule has 26 heavy (non-hydrogen) atoms. The monoisotopic (exact) mass is 362 g/mol. The van der Waals surface area contributed by atoms with E-state index in [-0.39, 0.29) is 11.6 Å². The number of nitrogens with zero attached hydrogens (tertiary/aromatic N) is 2. The van der Waals surface area contributed by atoms with Gasteiger partial charge in [0.05, 0.1) is 30.7 Å². The quantitative estimate of drug-likeness (QED) is 0.824. The van der Waals surface area contributed by atoms with Crippen LogP contribution in [0.1, 0.15) is 10.4 Å². The van der Waals surface area contributed by atoms with Crippen molar-refractivity contribution in [1.82, 2.24) is 15.2 Å². The number of carbonyl (C=O) groups is 1. The second kappa shape index (κ2) is 8.68. The molecule has 2 heterocycles. The lowest BCUT2D eigenvalue weighted by molar-refractivity contribution is 0.0383. The number of aromatic nitrogens is 1. The van der Waals surface area contributed by atoms with Gasteiger partial charge in [0, 0.05) is 32.4 Å². The Balaban J connectivity index is 1.58. The minimum absolute atomic E-state index is 0.279. The first-order valence-corrected chi connectivity index (χ1v) is 8.38. The van der Waals surface area contributed by atoms with Gasteiger partial charge in [0.2, 0.25) is 0 Å². The normalized spacial score (nSPS) is 14.8. The van der Waals surface area contributed by atoms with Gasteiger partial charge in [-0.05, 0) is 18.2 Å². The minimum Gasteiger partial charge on any atom is -0.379 e. The number of morpholine rings is 1. The van der Waals surface area contributed by atoms with Crippen LogP contribution in [0.3, 0.4) is 0 Å². The minimum atomic E-state index is -0.717. The fourth-order valence-electron chi connectivity index (χ4n) is 2.65. The molecule has 6 nitrogen and oxygen atoms in total. The Kier molecular flexibility index (Phi) is 6.08. The second-order valence-corrected chi connectivity index (χ2v) is 5.89. The van der Waals surface area contributed by atoms with Crippen molar-refractivity contribution < 1.29 is 18.3 Å². The van der Waals surface area contributed by atoms with E-state index in [1.165, 1.54) is 24.5 Å². The van der Waals surface area contributed by atoms with E-state index in [2.05, 4.69) is 20.5 Å². The summed E-state index contributed by atoms with van der Waals surface area (Å²) in [4.78, 5) is 18.4. The topological polar surface area (TPSA) is 66.5 Å². The highest BCUT2D eigenvalue weighted by Crippen LogP contribution is 2.23. The molecule has 1 saturated heterocycles. The predicted molar refractivity (Wildman–Crippen MR) is 93.5 cm³/mol. The molecule has 1 aliphatic rings. The molecule has 1 aromatic carbocycles. The highest BCUT2D eigenvalue weighted by atomic mass is 19.1. The van der Waals surface area contributed by atoms with Crippen molar-refractivity contribution >= 4 is 17.3 Å². The lowest BCUT2D eigenvalue weighted by Gasteiger charge is -2.26. The molecule has 138 valence electrons. The average molecular weight is 362 g/mol. The largest absolute Gasteiger partial charge is 0.379 e. The molecule has 1 aromatic heterocycles. The fraction of sp³-hybridized carbons (Fsp3) is 0.333. The summed E-state index contributed by atoms with van der Waals surface area (Å²) in [7, 11) is 0. The molecule has 2 N–H and O–H groups in total. The summed E-state index contributed by atoms with van der Waals surface area (Å²) in [5.41, 5.74) is 0.364. The third-order valence-electron chi connectivity index (χ3n) is 4.05. The first-order valence-electron chi connectivity index (χ1n) is 8.38. The number of hydrogen-bond acceptors (Lipinski definition) is 5. The molecule has 0 spiro atoms. The standard InChI is InChI=1S/C18H20F2N4O2/c19-15-2-1-3-16(20)17(15)23-14-10-13(11-21-12-14)18(25)22-4-5-24-6-8-26-9-7-24/h1-3,10-12,23H,4-9H2,(H,22,25). The maximum absolute atomic E-state index is 13.7. The van der Waals surface area contributed by atoms with E-state index in [1.54, 1.807) is 0 Å². The van der Waals surface area contributed by atoms with Gasteiger partial charge in [0.15, 0.2) is 0 Å². The molecule has 0 saturated carbocycles. The van der Waals surface area contributed by atoms with E-state index in [4.69, 9.17) is 4.74 Å². The van der Waals surface area contributed by atoms with Crippen molar-refractivity contribution in [3.05, 3.63) is 53.9 Å². The molecule has 0 radical (unpaired) electrons. The highest BCUT2D eigenvalue weighted by Gasteiger charge is 2.13. The Hall–Kier alpha value is -2.58. The Morgan fingerprint density at radius 3 is 2.65 bits per heavy atom. The Morgan fingerprint density at radius 1 is 1.19 bits per heavy atom. The lowest BCUT2D eigenvalue weighted by Crippen LogP contribution is -2.41. The number of carbonyl (C=O) groups excluding carboxylic acids is 1. The Labute approximate surface area is 150 Å². The maximum Gasteiger partial charge on any atom is 0.252 e. The summed E-state index contributed by atoms with van der Waals surface area (Å²) in [6.07, 6.45) is 2.81. The molecule has 1 fully saturated rings. The van der Waals surface area contributed by atoms with Crippen LogP contribution in [0.5, 0.6) is 0 Å². The van der Waals surface area contributed by atoms with Gasteiger partial charge in [-0.15, -0.1) is 0 Å². The van der Waals surface area contributed by atoms with Crippen molar-refractivity contribution in [2.75, 3.05) is 44.7 Å². The highest BCUT2D eigenvalue weighted by molar-refractivity contribution is 5.94. The molecule has 0 unspecified atom stereocenters. The van der Waals surface area contributed by atoms with Gasteiger partial charge >= 0.3 is 0 Å². The third kappa shape index (κ3) is 4.74. The summed E-state index contributed by atoms with van der Waals surface area (Å²) < 4.78 is 32.7. The summed E-state index contributed by atoms with van der Waals surface area (Å²) in [6, 6.07) is 5.09. The van der Waals surface area contributed by atoms with Crippen LogP contribution in [0.15, 0.2) is 36.7 Å². The number of anilines is 2. The molecule has 1 amide bonds. The molecule has 0 atom stereocenters. The number of halogens is 2. The molecule has 8 heteroatoms. The molecular formula is C18H20F2N4O2. The van der Waals surface area contributed by atoms with Crippen LogP contribution in [0.4, 0.5) is 20.2 Å². The average Bonchev–Trinajstić information content (AvgIpc) is 2.66. The fourth-order valence-corrected chi connectivity index (χ4v) is 2.65. The first kappa shape index (κ1) is 18.2. The summed E-state index contributed by atoms with van der Waals surface area (Å²) in [6.45, 7) is 4.35. The second-order valence-electron chi connectivity index (χ2n) is 5.89. The molecular weight excluding hydrogens is 342 g/mol. The van der Waals surface area contributed by atoms with Crippen molar-refractivity contribution in [2.24, 2.45) is 0 Å². The van der Waals surface area contributed by atoms with Gasteiger partial charge in [-0.25, -0.2) is 8.78 Å². The molecule has 2 aromatic rings. The lowest BCUT2D eigenvalue weighted by atomic mass is 10.2. The predicted octanol–water partition coefficient (Wildman–Crippen LogP) is 2.17. The number of rotatable bonds is 6. The van der Waals surface area contributed by atoms with E-state index >= 15 is 0 Å². The Morgan fingerprint density at radius 2 is 1.92 bits per heavy atom. The number of para-hydroxylation sites is 1. The molecule has 0 aliphatic carbocycles. The van der Waals surface area contributed by atoms with Gasteiger partial charge in [-0.1, -0.05) is 6.07 Å². The number of ether oxygens (including phenoxy) is 1. The zero-order valence-electron chi connectivity index (χ0n) is 14.2. The summed E-state index contributed by atoms with van der Waals surface area (Å²) >= 11 is 0. The van der Waals surface area contributed by atoms with E-state index in [0.717, 1.165) is 31.8 Å².